The second kappa shape index (κ2) is 3.47. The van der Waals surface area contributed by atoms with Gasteiger partial charge in [-0.05, 0) is 14.1 Å². The average molecular weight is 180 g/mol. The highest BCUT2D eigenvalue weighted by Gasteiger charge is 2.24. The van der Waals surface area contributed by atoms with Crippen LogP contribution in [0.4, 0.5) is 0 Å². The van der Waals surface area contributed by atoms with Gasteiger partial charge in [0.25, 0.3) is 0 Å². The molecule has 2 rings (SSSR count). The number of nitrogens with zero attached hydrogens (tertiary/aromatic N) is 3. The van der Waals surface area contributed by atoms with E-state index < -0.39 is 0 Å². The summed E-state index contributed by atoms with van der Waals surface area (Å²) in [5.41, 5.74) is 1.12. The van der Waals surface area contributed by atoms with E-state index >= 15 is 0 Å². The lowest BCUT2D eigenvalue weighted by atomic mass is 10.1. The van der Waals surface area contributed by atoms with Gasteiger partial charge in [-0.1, -0.05) is 0 Å². The first-order chi connectivity index (χ1) is 6.29. The largest absolute Gasteiger partial charge is 0.332 e. The molecule has 2 heterocycles. The molecule has 0 aliphatic carbocycles. The molecular weight excluding hydrogens is 164 g/mol. The van der Waals surface area contributed by atoms with E-state index in [0.717, 1.165) is 25.3 Å². The predicted octanol–water partition coefficient (Wildman–Crippen LogP) is 0.0890. The van der Waals surface area contributed by atoms with E-state index in [1.54, 1.807) is 0 Å². The second-order valence-electron chi connectivity index (χ2n) is 3.72. The molecule has 0 atom stereocenters. The molecule has 4 heteroatoms. The van der Waals surface area contributed by atoms with Gasteiger partial charge < -0.3 is 14.8 Å². The van der Waals surface area contributed by atoms with E-state index in [2.05, 4.69) is 33.0 Å². The molecule has 0 aromatic carbocycles. The third-order valence-electron chi connectivity index (χ3n) is 2.48. The number of hydrogen-bond donors (Lipinski definition) is 1. The summed E-state index contributed by atoms with van der Waals surface area (Å²) in [5.74, 6) is 0. The van der Waals surface area contributed by atoms with Crippen molar-refractivity contribution < 1.29 is 0 Å². The fourth-order valence-electron chi connectivity index (χ4n) is 1.71. The Kier molecular flexibility index (Phi) is 2.33. The number of nitrogens with one attached hydrogen (secondary N) is 1. The van der Waals surface area contributed by atoms with Crippen molar-refractivity contribution in [3.8, 4) is 0 Å². The molecule has 1 aliphatic rings. The molecular formula is C9H16N4. The van der Waals surface area contributed by atoms with Gasteiger partial charge in [0, 0.05) is 25.8 Å². The van der Waals surface area contributed by atoms with Gasteiger partial charge in [-0.25, -0.2) is 4.98 Å². The van der Waals surface area contributed by atoms with Crippen LogP contribution in [0.2, 0.25) is 0 Å². The monoisotopic (exact) mass is 180 g/mol. The van der Waals surface area contributed by atoms with E-state index in [1.165, 1.54) is 0 Å². The first-order valence-corrected chi connectivity index (χ1v) is 4.65. The summed E-state index contributed by atoms with van der Waals surface area (Å²) in [5, 5.41) is 3.09. The SMILES string of the molecule is CNCc1cn(C2CN(C)C2)cn1. The van der Waals surface area contributed by atoms with Gasteiger partial charge in [0.15, 0.2) is 0 Å². The maximum absolute atomic E-state index is 4.32. The Balaban J connectivity index is 1.97. The number of hydrogen-bond acceptors (Lipinski definition) is 3. The van der Waals surface area contributed by atoms with Gasteiger partial charge in [-0.3, -0.25) is 0 Å². The fraction of sp³-hybridized carbons (Fsp3) is 0.667. The fourth-order valence-corrected chi connectivity index (χ4v) is 1.71. The summed E-state index contributed by atoms with van der Waals surface area (Å²) in [6, 6.07) is 0.642. The number of likely N-dealkylation sites (N-methyl/N-ethyl adjacent to an activating group) is 1. The zero-order chi connectivity index (χ0) is 9.26. The van der Waals surface area contributed by atoms with Crippen molar-refractivity contribution in [2.75, 3.05) is 27.2 Å². The van der Waals surface area contributed by atoms with Crippen molar-refractivity contribution in [1.29, 1.82) is 0 Å². The summed E-state index contributed by atoms with van der Waals surface area (Å²) in [6.45, 7) is 3.15. The van der Waals surface area contributed by atoms with Gasteiger partial charge in [-0.2, -0.15) is 0 Å². The van der Waals surface area contributed by atoms with Crippen LogP contribution in [0.15, 0.2) is 12.5 Å². The molecule has 0 spiro atoms. The van der Waals surface area contributed by atoms with Crippen LogP contribution < -0.4 is 5.32 Å². The van der Waals surface area contributed by atoms with Crippen LogP contribution in [0.25, 0.3) is 0 Å². The van der Waals surface area contributed by atoms with Gasteiger partial charge in [0.05, 0.1) is 18.1 Å². The van der Waals surface area contributed by atoms with Crippen LogP contribution in [0.1, 0.15) is 11.7 Å². The molecule has 0 radical (unpaired) electrons. The molecule has 1 N–H and O–H groups in total. The minimum atomic E-state index is 0.642. The highest BCUT2D eigenvalue weighted by molar-refractivity contribution is 4.99. The van der Waals surface area contributed by atoms with Crippen molar-refractivity contribution in [2.45, 2.75) is 12.6 Å². The minimum absolute atomic E-state index is 0.642. The highest BCUT2D eigenvalue weighted by Crippen LogP contribution is 2.18. The topological polar surface area (TPSA) is 33.1 Å². The zero-order valence-corrected chi connectivity index (χ0v) is 8.20. The molecule has 4 nitrogen and oxygen atoms in total. The van der Waals surface area contributed by atoms with Crippen LogP contribution in [-0.4, -0.2) is 41.6 Å². The van der Waals surface area contributed by atoms with E-state index in [-0.39, 0.29) is 0 Å². The maximum Gasteiger partial charge on any atom is 0.0953 e. The molecule has 13 heavy (non-hydrogen) atoms. The number of imidazole rings is 1. The lowest BCUT2D eigenvalue weighted by Crippen LogP contribution is -2.44. The van der Waals surface area contributed by atoms with E-state index in [1.807, 2.05) is 13.4 Å². The average Bonchev–Trinajstić information content (AvgIpc) is 2.48. The lowest BCUT2D eigenvalue weighted by Gasteiger charge is -2.36. The maximum atomic E-state index is 4.32. The van der Waals surface area contributed by atoms with E-state index in [9.17, 15) is 0 Å². The van der Waals surface area contributed by atoms with Crippen LogP contribution in [0.5, 0.6) is 0 Å². The first-order valence-electron chi connectivity index (χ1n) is 4.65. The lowest BCUT2D eigenvalue weighted by molar-refractivity contribution is 0.140. The van der Waals surface area contributed by atoms with Crippen molar-refractivity contribution in [1.82, 2.24) is 19.8 Å². The Hall–Kier alpha value is -0.870. The Morgan fingerprint density at radius 1 is 1.62 bits per heavy atom. The highest BCUT2D eigenvalue weighted by atomic mass is 15.3. The quantitative estimate of drug-likeness (QED) is 0.715. The van der Waals surface area contributed by atoms with Crippen molar-refractivity contribution >= 4 is 0 Å². The first kappa shape index (κ1) is 8.72. The summed E-state index contributed by atoms with van der Waals surface area (Å²) in [4.78, 5) is 6.62. The Bertz CT molecular complexity index is 275. The Morgan fingerprint density at radius 3 is 3.00 bits per heavy atom. The van der Waals surface area contributed by atoms with Crippen molar-refractivity contribution in [2.24, 2.45) is 0 Å². The molecule has 0 bridgehead atoms. The molecule has 1 aromatic rings. The standard InChI is InChI=1S/C9H16N4/c1-10-3-8-4-13(7-11-8)9-5-12(2)6-9/h4,7,9-10H,3,5-6H2,1-2H3. The minimum Gasteiger partial charge on any atom is -0.332 e. The normalized spacial score (nSPS) is 18.9. The van der Waals surface area contributed by atoms with Crippen LogP contribution in [-0.2, 0) is 6.54 Å². The third kappa shape index (κ3) is 1.73. The van der Waals surface area contributed by atoms with Gasteiger partial charge >= 0.3 is 0 Å². The zero-order valence-electron chi connectivity index (χ0n) is 8.20. The molecule has 0 amide bonds. The second-order valence-corrected chi connectivity index (χ2v) is 3.72. The van der Waals surface area contributed by atoms with Crippen LogP contribution >= 0.6 is 0 Å². The molecule has 1 aliphatic heterocycles. The van der Waals surface area contributed by atoms with Crippen LogP contribution in [0.3, 0.4) is 0 Å². The van der Waals surface area contributed by atoms with E-state index in [4.69, 9.17) is 0 Å². The molecule has 0 saturated carbocycles. The third-order valence-corrected chi connectivity index (χ3v) is 2.48. The molecule has 1 fully saturated rings. The number of rotatable bonds is 3. The Morgan fingerprint density at radius 2 is 2.38 bits per heavy atom. The summed E-state index contributed by atoms with van der Waals surface area (Å²) in [6.07, 6.45) is 4.07. The molecule has 72 valence electrons. The van der Waals surface area contributed by atoms with E-state index in [0.29, 0.717) is 6.04 Å². The predicted molar refractivity (Wildman–Crippen MR) is 51.5 cm³/mol. The smallest absolute Gasteiger partial charge is 0.0953 e. The summed E-state index contributed by atoms with van der Waals surface area (Å²) >= 11 is 0. The van der Waals surface area contributed by atoms with Crippen molar-refractivity contribution in [3.05, 3.63) is 18.2 Å². The molecule has 1 aromatic heterocycles. The van der Waals surface area contributed by atoms with Gasteiger partial charge in [0.2, 0.25) is 0 Å². The molecule has 0 unspecified atom stereocenters. The van der Waals surface area contributed by atoms with Crippen molar-refractivity contribution in [3.63, 3.8) is 0 Å². The number of likely N-dealkylation sites (tertiary alicyclic amines) is 1. The van der Waals surface area contributed by atoms with Gasteiger partial charge in [0.1, 0.15) is 0 Å². The molecule has 1 saturated heterocycles. The van der Waals surface area contributed by atoms with Crippen LogP contribution in [0, 0.1) is 0 Å². The summed E-state index contributed by atoms with van der Waals surface area (Å²) < 4.78 is 2.21. The Labute approximate surface area is 78.6 Å². The number of aromatic nitrogens is 2. The van der Waals surface area contributed by atoms with Gasteiger partial charge in [-0.15, -0.1) is 0 Å². The summed E-state index contributed by atoms with van der Waals surface area (Å²) in [7, 11) is 4.08.